The molecule has 0 radical (unpaired) electrons. The number of amides is 2. The Bertz CT molecular complexity index is 757. The van der Waals surface area contributed by atoms with Gasteiger partial charge in [-0.2, -0.15) is 10.4 Å². The molecule has 0 bridgehead atoms. The molecule has 2 amide bonds. The van der Waals surface area contributed by atoms with Crippen LogP contribution in [0.4, 0.5) is 5.69 Å². The first-order valence-electron chi connectivity index (χ1n) is 7.77. The van der Waals surface area contributed by atoms with Crippen LogP contribution in [0.1, 0.15) is 39.0 Å². The van der Waals surface area contributed by atoms with Gasteiger partial charge in [0.25, 0.3) is 5.91 Å². The van der Waals surface area contributed by atoms with Crippen LogP contribution in [0.15, 0.2) is 23.3 Å². The average molecular weight is 397 g/mol. The van der Waals surface area contributed by atoms with Gasteiger partial charge in [0, 0.05) is 30.0 Å². The van der Waals surface area contributed by atoms with Gasteiger partial charge in [-0.25, -0.2) is 5.43 Å². The Morgan fingerprint density at radius 3 is 2.58 bits per heavy atom. The van der Waals surface area contributed by atoms with Crippen LogP contribution in [0.25, 0.3) is 0 Å². The minimum Gasteiger partial charge on any atom is -0.325 e. The van der Waals surface area contributed by atoms with E-state index in [0.717, 1.165) is 0 Å². The number of nitriles is 1. The van der Waals surface area contributed by atoms with Gasteiger partial charge in [-0.3, -0.25) is 14.4 Å². The quantitative estimate of drug-likeness (QED) is 0.491. The average Bonchev–Trinajstić information content (AvgIpc) is 2.56. The lowest BCUT2D eigenvalue weighted by Crippen LogP contribution is -2.19. The maximum atomic E-state index is 11.9. The Hall–Kier alpha value is -2.43. The van der Waals surface area contributed by atoms with E-state index in [4.69, 9.17) is 28.5 Å². The molecular weight excluding hydrogens is 379 g/mol. The highest BCUT2D eigenvalue weighted by Crippen LogP contribution is 2.25. The van der Waals surface area contributed by atoms with E-state index in [1.165, 1.54) is 6.07 Å². The second-order valence-electron chi connectivity index (χ2n) is 5.46. The fourth-order valence-electron chi connectivity index (χ4n) is 1.93. The van der Waals surface area contributed by atoms with Crippen LogP contribution >= 0.6 is 23.2 Å². The molecule has 0 spiro atoms. The Labute approximate surface area is 161 Å². The summed E-state index contributed by atoms with van der Waals surface area (Å²) < 4.78 is 0. The number of carbonyl (C=O) groups is 3. The van der Waals surface area contributed by atoms with Crippen LogP contribution in [0.5, 0.6) is 0 Å². The molecule has 26 heavy (non-hydrogen) atoms. The molecule has 9 heteroatoms. The predicted octanol–water partition coefficient (Wildman–Crippen LogP) is 3.47. The highest BCUT2D eigenvalue weighted by atomic mass is 35.5. The molecule has 2 N–H and O–H groups in total. The topological polar surface area (TPSA) is 111 Å². The second-order valence-corrected chi connectivity index (χ2v) is 6.30. The third-order valence-corrected chi connectivity index (χ3v) is 3.68. The zero-order valence-corrected chi connectivity index (χ0v) is 15.7. The summed E-state index contributed by atoms with van der Waals surface area (Å²) >= 11 is 11.8. The summed E-state index contributed by atoms with van der Waals surface area (Å²) in [5, 5.41) is 15.6. The van der Waals surface area contributed by atoms with E-state index >= 15 is 0 Å². The molecule has 0 unspecified atom stereocenters. The van der Waals surface area contributed by atoms with Crippen LogP contribution < -0.4 is 10.7 Å². The number of nitrogens with zero attached hydrogens (tertiary/aromatic N) is 2. The smallest absolute Gasteiger partial charge is 0.254 e. The van der Waals surface area contributed by atoms with Gasteiger partial charge in [0.15, 0.2) is 0 Å². The molecule has 7 nitrogen and oxygen atoms in total. The van der Waals surface area contributed by atoms with E-state index < -0.39 is 5.91 Å². The summed E-state index contributed by atoms with van der Waals surface area (Å²) in [6.07, 6.45) is 0.527. The van der Waals surface area contributed by atoms with Crippen molar-refractivity contribution in [3.05, 3.63) is 28.2 Å². The lowest BCUT2D eigenvalue weighted by atomic mass is 10.1. The molecule has 0 heterocycles. The standard InChI is InChI=1S/C17H18Cl2N4O3/c1-11(22-23-17(26)7-8-20)9-13(24)3-2-4-16(25)21-15-6-5-12(18)10-14(15)19/h5-6,10H,2-4,7,9H2,1H3,(H,21,25)(H,23,26)/b22-11-. The van der Waals surface area contributed by atoms with Crippen LogP contribution in [0.3, 0.4) is 0 Å². The Morgan fingerprint density at radius 2 is 1.92 bits per heavy atom. The van der Waals surface area contributed by atoms with Crippen molar-refractivity contribution in [3.63, 3.8) is 0 Å². The van der Waals surface area contributed by atoms with E-state index in [1.807, 2.05) is 0 Å². The van der Waals surface area contributed by atoms with Crippen LogP contribution in [0, 0.1) is 11.3 Å². The van der Waals surface area contributed by atoms with Gasteiger partial charge in [-0.15, -0.1) is 0 Å². The summed E-state index contributed by atoms with van der Waals surface area (Å²) in [4.78, 5) is 34.8. The highest BCUT2D eigenvalue weighted by molar-refractivity contribution is 6.36. The van der Waals surface area contributed by atoms with Gasteiger partial charge in [0.1, 0.15) is 12.2 Å². The summed E-state index contributed by atoms with van der Waals surface area (Å²) in [6.45, 7) is 1.60. The van der Waals surface area contributed by atoms with E-state index in [-0.39, 0.29) is 37.4 Å². The lowest BCUT2D eigenvalue weighted by molar-refractivity contribution is -0.121. The molecule has 1 aromatic rings. The number of hydrazone groups is 1. The maximum Gasteiger partial charge on any atom is 0.254 e. The molecular formula is C17H18Cl2N4O3. The van der Waals surface area contributed by atoms with E-state index in [2.05, 4.69) is 15.8 Å². The third-order valence-electron chi connectivity index (χ3n) is 3.13. The van der Waals surface area contributed by atoms with Gasteiger partial charge >= 0.3 is 0 Å². The number of ketones is 1. The van der Waals surface area contributed by atoms with Crippen molar-refractivity contribution in [2.24, 2.45) is 5.10 Å². The van der Waals surface area contributed by atoms with Crippen molar-refractivity contribution in [1.82, 2.24) is 5.43 Å². The number of nitrogens with one attached hydrogen (secondary N) is 2. The summed E-state index contributed by atoms with van der Waals surface area (Å²) in [6, 6.07) is 6.44. The van der Waals surface area contributed by atoms with Gasteiger partial charge < -0.3 is 5.32 Å². The molecule has 1 rings (SSSR count). The highest BCUT2D eigenvalue weighted by Gasteiger charge is 2.09. The summed E-state index contributed by atoms with van der Waals surface area (Å²) in [5.74, 6) is -0.883. The first kappa shape index (κ1) is 21.6. The fraction of sp³-hybridized carbons (Fsp3) is 0.353. The zero-order valence-electron chi connectivity index (χ0n) is 14.1. The fourth-order valence-corrected chi connectivity index (χ4v) is 2.39. The molecule has 0 aliphatic heterocycles. The van der Waals surface area contributed by atoms with Crippen LogP contribution in [-0.4, -0.2) is 23.3 Å². The Balaban J connectivity index is 2.32. The van der Waals surface area contributed by atoms with Crippen LogP contribution in [0.2, 0.25) is 10.0 Å². The normalized spacial score (nSPS) is 10.8. The number of anilines is 1. The number of halogens is 2. The number of hydrogen-bond acceptors (Lipinski definition) is 5. The van der Waals surface area contributed by atoms with E-state index in [1.54, 1.807) is 25.1 Å². The first-order valence-corrected chi connectivity index (χ1v) is 8.53. The first-order chi connectivity index (χ1) is 12.3. The SMILES string of the molecule is C/C(CC(=O)CCCC(=O)Nc1ccc(Cl)cc1Cl)=N/NC(=O)CC#N. The Kier molecular flexibility index (Phi) is 9.34. The number of Topliss-reactive ketones (excluding diaryl/α,β-unsaturated/α-hetero) is 1. The summed E-state index contributed by atoms with van der Waals surface area (Å²) in [7, 11) is 0. The molecule has 0 fully saturated rings. The minimum absolute atomic E-state index is 0.0669. The van der Waals surface area contributed by atoms with Crippen molar-refractivity contribution in [1.29, 1.82) is 5.26 Å². The number of hydrogen-bond donors (Lipinski definition) is 2. The van der Waals surface area contributed by atoms with Crippen molar-refractivity contribution < 1.29 is 14.4 Å². The molecule has 0 atom stereocenters. The largest absolute Gasteiger partial charge is 0.325 e. The van der Waals surface area contributed by atoms with Crippen molar-refractivity contribution >= 4 is 52.2 Å². The molecule has 0 saturated carbocycles. The lowest BCUT2D eigenvalue weighted by Gasteiger charge is -2.07. The van der Waals surface area contributed by atoms with Gasteiger partial charge in [0.05, 0.1) is 16.8 Å². The number of rotatable bonds is 9. The molecule has 0 aliphatic rings. The second kappa shape index (κ2) is 11.2. The molecule has 0 saturated heterocycles. The van der Waals surface area contributed by atoms with Crippen molar-refractivity contribution in [2.75, 3.05) is 5.32 Å². The third kappa shape index (κ3) is 8.60. The van der Waals surface area contributed by atoms with Gasteiger partial charge in [0.2, 0.25) is 5.91 Å². The monoisotopic (exact) mass is 396 g/mol. The van der Waals surface area contributed by atoms with Crippen LogP contribution in [-0.2, 0) is 14.4 Å². The number of carbonyl (C=O) groups excluding carboxylic acids is 3. The van der Waals surface area contributed by atoms with E-state index in [0.29, 0.717) is 27.9 Å². The predicted molar refractivity (Wildman–Crippen MR) is 100 cm³/mol. The van der Waals surface area contributed by atoms with Gasteiger partial charge in [-0.05, 0) is 31.5 Å². The van der Waals surface area contributed by atoms with Crippen molar-refractivity contribution in [2.45, 2.75) is 39.0 Å². The number of benzene rings is 1. The molecule has 0 aliphatic carbocycles. The molecule has 0 aromatic heterocycles. The van der Waals surface area contributed by atoms with E-state index in [9.17, 15) is 14.4 Å². The van der Waals surface area contributed by atoms with Gasteiger partial charge in [-0.1, -0.05) is 23.2 Å². The maximum absolute atomic E-state index is 11.9. The van der Waals surface area contributed by atoms with Crippen molar-refractivity contribution in [3.8, 4) is 6.07 Å². The minimum atomic E-state index is -0.531. The summed E-state index contributed by atoms with van der Waals surface area (Å²) in [5.41, 5.74) is 3.08. The zero-order chi connectivity index (χ0) is 19.5. The Morgan fingerprint density at radius 1 is 1.19 bits per heavy atom. The molecule has 1 aromatic carbocycles. The molecule has 138 valence electrons.